The average molecular weight is 209 g/mol. The highest BCUT2D eigenvalue weighted by atomic mass is 16.5. The fourth-order valence-corrected chi connectivity index (χ4v) is 1.31. The molecule has 1 rings (SSSR count). The van der Waals surface area contributed by atoms with Crippen molar-refractivity contribution in [2.45, 2.75) is 0 Å². The maximum absolute atomic E-state index is 10.4. The van der Waals surface area contributed by atoms with E-state index < -0.39 is 0 Å². The van der Waals surface area contributed by atoms with Crippen LogP contribution in [0.1, 0.15) is 0 Å². The first-order valence-electron chi connectivity index (χ1n) is 4.59. The summed E-state index contributed by atoms with van der Waals surface area (Å²) >= 11 is 0. The molecule has 0 spiro atoms. The molecule has 0 amide bonds. The molecule has 1 aromatic rings. The molecule has 0 bridgehead atoms. The highest BCUT2D eigenvalue weighted by molar-refractivity contribution is 5.67. The second kappa shape index (κ2) is 5.24. The molecule has 0 aliphatic rings. The van der Waals surface area contributed by atoms with Crippen LogP contribution in [0.3, 0.4) is 0 Å². The number of carbonyl (C=O) groups excluding carboxylic acids is 1. The Morgan fingerprint density at radius 3 is 2.60 bits per heavy atom. The minimum absolute atomic E-state index is 0.323. The van der Waals surface area contributed by atoms with Crippen LogP contribution < -0.4 is 14.4 Å². The smallest absolute Gasteiger partial charge is 0.142 e. The van der Waals surface area contributed by atoms with E-state index in [1.54, 1.807) is 19.1 Å². The molecule has 4 nitrogen and oxygen atoms in total. The monoisotopic (exact) mass is 209 g/mol. The fourth-order valence-electron chi connectivity index (χ4n) is 1.31. The van der Waals surface area contributed by atoms with Crippen molar-refractivity contribution in [2.75, 3.05) is 32.7 Å². The third kappa shape index (κ3) is 2.62. The van der Waals surface area contributed by atoms with Crippen LogP contribution in [-0.4, -0.2) is 34.1 Å². The molecule has 0 aromatic heterocycles. The third-order valence-corrected chi connectivity index (χ3v) is 2.15. The predicted octanol–water partition coefficient (Wildman–Crippen LogP) is 1.34. The molecule has 4 heteroatoms. The van der Waals surface area contributed by atoms with Crippen LogP contribution in [0.15, 0.2) is 18.2 Å². The van der Waals surface area contributed by atoms with Crippen molar-refractivity contribution in [3.8, 4) is 11.5 Å². The van der Waals surface area contributed by atoms with E-state index in [0.717, 1.165) is 23.5 Å². The Morgan fingerprint density at radius 2 is 2.07 bits per heavy atom. The number of likely N-dealkylation sites (N-methyl/N-ethyl adjacent to an activating group) is 1. The van der Waals surface area contributed by atoms with Gasteiger partial charge in [-0.3, -0.25) is 0 Å². The van der Waals surface area contributed by atoms with Gasteiger partial charge in [-0.1, -0.05) is 0 Å². The number of carbonyl (C=O) groups is 1. The van der Waals surface area contributed by atoms with Gasteiger partial charge in [0.2, 0.25) is 0 Å². The van der Waals surface area contributed by atoms with Crippen molar-refractivity contribution in [2.24, 2.45) is 0 Å². The summed E-state index contributed by atoms with van der Waals surface area (Å²) in [6.45, 7) is 0.323. The second-order valence-electron chi connectivity index (χ2n) is 3.08. The molecule has 0 aliphatic carbocycles. The molecular formula is C11H15NO3. The van der Waals surface area contributed by atoms with Crippen LogP contribution in [0.4, 0.5) is 5.69 Å². The van der Waals surface area contributed by atoms with E-state index in [-0.39, 0.29) is 0 Å². The number of nitrogens with zero attached hydrogens (tertiary/aromatic N) is 1. The molecule has 1 aromatic carbocycles. The first-order chi connectivity index (χ1) is 7.22. The Morgan fingerprint density at radius 1 is 1.33 bits per heavy atom. The zero-order valence-electron chi connectivity index (χ0n) is 9.19. The average Bonchev–Trinajstić information content (AvgIpc) is 2.28. The molecule has 0 atom stereocenters. The van der Waals surface area contributed by atoms with Crippen molar-refractivity contribution in [3.63, 3.8) is 0 Å². The predicted molar refractivity (Wildman–Crippen MR) is 58.9 cm³/mol. The quantitative estimate of drug-likeness (QED) is 0.686. The lowest BCUT2D eigenvalue weighted by atomic mass is 10.2. The molecule has 0 fully saturated rings. The number of methoxy groups -OCH3 is 2. The maximum atomic E-state index is 10.4. The number of aldehydes is 1. The van der Waals surface area contributed by atoms with Crippen LogP contribution in [-0.2, 0) is 4.79 Å². The zero-order chi connectivity index (χ0) is 11.3. The molecule has 0 saturated carbocycles. The third-order valence-electron chi connectivity index (χ3n) is 2.15. The van der Waals surface area contributed by atoms with Gasteiger partial charge in [-0.05, 0) is 12.1 Å². The van der Waals surface area contributed by atoms with Crippen LogP contribution in [0, 0.1) is 0 Å². The summed E-state index contributed by atoms with van der Waals surface area (Å²) in [5.41, 5.74) is 0.837. The van der Waals surface area contributed by atoms with E-state index in [2.05, 4.69) is 0 Å². The van der Waals surface area contributed by atoms with Crippen molar-refractivity contribution in [1.82, 2.24) is 0 Å². The molecule has 0 saturated heterocycles. The van der Waals surface area contributed by atoms with Crippen LogP contribution in [0.5, 0.6) is 11.5 Å². The van der Waals surface area contributed by atoms with Crippen LogP contribution >= 0.6 is 0 Å². The minimum atomic E-state index is 0.323. The summed E-state index contributed by atoms with van der Waals surface area (Å²) in [7, 11) is 5.02. The van der Waals surface area contributed by atoms with Gasteiger partial charge in [-0.25, -0.2) is 0 Å². The summed E-state index contributed by atoms with van der Waals surface area (Å²) in [6, 6.07) is 5.47. The van der Waals surface area contributed by atoms with E-state index in [1.165, 1.54) is 0 Å². The van der Waals surface area contributed by atoms with Gasteiger partial charge >= 0.3 is 0 Å². The number of hydrogen-bond acceptors (Lipinski definition) is 4. The van der Waals surface area contributed by atoms with Crippen molar-refractivity contribution in [1.29, 1.82) is 0 Å². The lowest BCUT2D eigenvalue weighted by Crippen LogP contribution is -2.20. The van der Waals surface area contributed by atoms with Gasteiger partial charge in [0.05, 0.1) is 26.5 Å². The molecule has 0 radical (unpaired) electrons. The van der Waals surface area contributed by atoms with Crippen molar-refractivity contribution in [3.05, 3.63) is 18.2 Å². The topological polar surface area (TPSA) is 38.8 Å². The summed E-state index contributed by atoms with van der Waals surface area (Å²) in [5.74, 6) is 1.46. The summed E-state index contributed by atoms with van der Waals surface area (Å²) in [6.07, 6.45) is 0.846. The molecular weight excluding hydrogens is 194 g/mol. The maximum Gasteiger partial charge on any atom is 0.142 e. The van der Waals surface area contributed by atoms with E-state index in [1.807, 2.05) is 25.2 Å². The Hall–Kier alpha value is -1.71. The highest BCUT2D eigenvalue weighted by Crippen LogP contribution is 2.31. The zero-order valence-corrected chi connectivity index (χ0v) is 9.19. The Labute approximate surface area is 89.4 Å². The molecule has 0 aliphatic heterocycles. The number of ether oxygens (including phenoxy) is 2. The van der Waals surface area contributed by atoms with E-state index >= 15 is 0 Å². The van der Waals surface area contributed by atoms with Gasteiger partial charge < -0.3 is 19.2 Å². The normalized spacial score (nSPS) is 9.53. The van der Waals surface area contributed by atoms with Gasteiger partial charge in [-0.2, -0.15) is 0 Å². The van der Waals surface area contributed by atoms with Crippen LogP contribution in [0.2, 0.25) is 0 Å². The minimum Gasteiger partial charge on any atom is -0.497 e. The number of rotatable bonds is 5. The summed E-state index contributed by atoms with van der Waals surface area (Å²) in [5, 5.41) is 0. The summed E-state index contributed by atoms with van der Waals surface area (Å²) in [4.78, 5) is 12.2. The van der Waals surface area contributed by atoms with Gasteiger partial charge in [0.25, 0.3) is 0 Å². The van der Waals surface area contributed by atoms with Crippen LogP contribution in [0.25, 0.3) is 0 Å². The van der Waals surface area contributed by atoms with E-state index in [9.17, 15) is 4.79 Å². The summed E-state index contributed by atoms with van der Waals surface area (Å²) < 4.78 is 10.3. The van der Waals surface area contributed by atoms with Gasteiger partial charge in [0.15, 0.2) is 0 Å². The van der Waals surface area contributed by atoms with E-state index in [4.69, 9.17) is 9.47 Å². The first-order valence-corrected chi connectivity index (χ1v) is 4.59. The van der Waals surface area contributed by atoms with Crippen molar-refractivity contribution < 1.29 is 14.3 Å². The SMILES string of the molecule is COc1ccc(OC)c(N(C)CC=O)c1. The fraction of sp³-hybridized carbons (Fsp3) is 0.364. The number of benzene rings is 1. The van der Waals surface area contributed by atoms with E-state index in [0.29, 0.717) is 6.54 Å². The Kier molecular flexibility index (Phi) is 3.97. The standard InChI is InChI=1S/C11H15NO3/c1-12(6-7-13)10-8-9(14-2)4-5-11(10)15-3/h4-5,7-8H,6H2,1-3H3. The van der Waals surface area contributed by atoms with Gasteiger partial charge in [0, 0.05) is 13.1 Å². The Balaban J connectivity index is 3.04. The lowest BCUT2D eigenvalue weighted by Gasteiger charge is -2.19. The number of anilines is 1. The first kappa shape index (κ1) is 11.4. The molecule has 0 heterocycles. The number of hydrogen-bond donors (Lipinski definition) is 0. The largest absolute Gasteiger partial charge is 0.497 e. The molecule has 15 heavy (non-hydrogen) atoms. The molecule has 82 valence electrons. The van der Waals surface area contributed by atoms with Crippen molar-refractivity contribution >= 4 is 12.0 Å². The highest BCUT2D eigenvalue weighted by Gasteiger charge is 2.08. The van der Waals surface area contributed by atoms with Gasteiger partial charge in [0.1, 0.15) is 17.8 Å². The Bertz CT molecular complexity index is 339. The molecule has 0 unspecified atom stereocenters. The molecule has 0 N–H and O–H groups in total. The second-order valence-corrected chi connectivity index (χ2v) is 3.08. The lowest BCUT2D eigenvalue weighted by molar-refractivity contribution is -0.106. The van der Waals surface area contributed by atoms with Gasteiger partial charge in [-0.15, -0.1) is 0 Å².